The second-order valence-corrected chi connectivity index (χ2v) is 9.12. The van der Waals surface area contributed by atoms with Gasteiger partial charge in [0.1, 0.15) is 0 Å². The van der Waals surface area contributed by atoms with Crippen molar-refractivity contribution in [3.05, 3.63) is 23.8 Å². The van der Waals surface area contributed by atoms with E-state index in [0.717, 1.165) is 12.5 Å². The van der Waals surface area contributed by atoms with E-state index in [1.165, 1.54) is 12.1 Å². The van der Waals surface area contributed by atoms with Gasteiger partial charge in [-0.1, -0.05) is 13.0 Å². The second kappa shape index (κ2) is 5.83. The molecule has 0 spiro atoms. The Labute approximate surface area is 121 Å². The SMILES string of the molecule is CCC(c1ccc(S(C)(=O)=O)cc1S(C)(=O)=O)C(C)N. The molecule has 114 valence electrons. The number of hydrogen-bond acceptors (Lipinski definition) is 5. The van der Waals surface area contributed by atoms with Gasteiger partial charge in [-0.05, 0) is 37.0 Å². The molecule has 0 aliphatic heterocycles. The Hall–Kier alpha value is -0.920. The molecule has 0 radical (unpaired) electrons. The molecule has 0 heterocycles. The minimum Gasteiger partial charge on any atom is -0.327 e. The summed E-state index contributed by atoms with van der Waals surface area (Å²) >= 11 is 0. The zero-order valence-electron chi connectivity index (χ0n) is 12.1. The summed E-state index contributed by atoms with van der Waals surface area (Å²) in [4.78, 5) is 0.0470. The zero-order chi connectivity index (χ0) is 15.7. The second-order valence-electron chi connectivity index (χ2n) is 5.12. The highest BCUT2D eigenvalue weighted by Gasteiger charge is 2.24. The van der Waals surface area contributed by atoms with Gasteiger partial charge in [0.25, 0.3) is 0 Å². The molecule has 20 heavy (non-hydrogen) atoms. The van der Waals surface area contributed by atoms with E-state index in [1.54, 1.807) is 6.07 Å². The first-order valence-electron chi connectivity index (χ1n) is 6.28. The Kier molecular flexibility index (Phi) is 4.99. The molecule has 0 saturated heterocycles. The lowest BCUT2D eigenvalue weighted by Gasteiger charge is -2.22. The van der Waals surface area contributed by atoms with Crippen LogP contribution in [-0.4, -0.2) is 35.4 Å². The van der Waals surface area contributed by atoms with E-state index in [2.05, 4.69) is 0 Å². The monoisotopic (exact) mass is 319 g/mol. The van der Waals surface area contributed by atoms with Crippen LogP contribution in [0.3, 0.4) is 0 Å². The van der Waals surface area contributed by atoms with Gasteiger partial charge in [0, 0.05) is 18.6 Å². The normalized spacial score (nSPS) is 15.8. The number of hydrogen-bond donors (Lipinski definition) is 1. The van der Waals surface area contributed by atoms with E-state index in [4.69, 9.17) is 5.73 Å². The highest BCUT2D eigenvalue weighted by molar-refractivity contribution is 7.91. The minimum absolute atomic E-state index is 0.00111. The molecule has 1 aromatic rings. The molecule has 0 aliphatic rings. The summed E-state index contributed by atoms with van der Waals surface area (Å²) < 4.78 is 47.0. The first-order chi connectivity index (χ1) is 8.98. The van der Waals surface area contributed by atoms with Crippen molar-refractivity contribution in [3.8, 4) is 0 Å². The van der Waals surface area contributed by atoms with E-state index >= 15 is 0 Å². The molecule has 0 bridgehead atoms. The van der Waals surface area contributed by atoms with Crippen molar-refractivity contribution < 1.29 is 16.8 Å². The molecule has 2 atom stereocenters. The van der Waals surface area contributed by atoms with Crippen molar-refractivity contribution in [2.45, 2.75) is 42.0 Å². The Bertz CT molecular complexity index is 691. The molecule has 5 nitrogen and oxygen atoms in total. The van der Waals surface area contributed by atoms with Gasteiger partial charge in [-0.2, -0.15) is 0 Å². The number of rotatable bonds is 5. The van der Waals surface area contributed by atoms with Crippen LogP contribution in [0.2, 0.25) is 0 Å². The van der Waals surface area contributed by atoms with Crippen LogP contribution in [0.15, 0.2) is 28.0 Å². The van der Waals surface area contributed by atoms with Crippen molar-refractivity contribution in [1.29, 1.82) is 0 Å². The van der Waals surface area contributed by atoms with Gasteiger partial charge in [0.2, 0.25) is 0 Å². The quantitative estimate of drug-likeness (QED) is 0.883. The molecular weight excluding hydrogens is 298 g/mol. The number of sulfone groups is 2. The third-order valence-electron chi connectivity index (χ3n) is 3.29. The number of benzene rings is 1. The summed E-state index contributed by atoms with van der Waals surface area (Å²) in [5.74, 6) is -0.131. The molecule has 7 heteroatoms. The predicted molar refractivity (Wildman–Crippen MR) is 79.3 cm³/mol. The Morgan fingerprint density at radius 3 is 2.00 bits per heavy atom. The van der Waals surface area contributed by atoms with Gasteiger partial charge in [-0.15, -0.1) is 0 Å². The van der Waals surface area contributed by atoms with Gasteiger partial charge in [0.05, 0.1) is 9.79 Å². The van der Waals surface area contributed by atoms with Crippen molar-refractivity contribution in [3.63, 3.8) is 0 Å². The summed E-state index contributed by atoms with van der Waals surface area (Å²) in [5.41, 5.74) is 6.48. The standard InChI is InChI=1S/C13H21NO4S2/c1-5-11(9(2)14)12-7-6-10(19(3,15)16)8-13(12)20(4,17)18/h6-9,11H,5,14H2,1-4H3. The molecule has 1 aromatic carbocycles. The van der Waals surface area contributed by atoms with Crippen LogP contribution >= 0.6 is 0 Å². The summed E-state index contributed by atoms with van der Waals surface area (Å²) in [6.07, 6.45) is 2.81. The van der Waals surface area contributed by atoms with Crippen molar-refractivity contribution in [1.82, 2.24) is 0 Å². The van der Waals surface area contributed by atoms with Crippen LogP contribution in [0.1, 0.15) is 31.7 Å². The van der Waals surface area contributed by atoms with Crippen molar-refractivity contribution in [2.75, 3.05) is 12.5 Å². The van der Waals surface area contributed by atoms with E-state index in [1.807, 2.05) is 13.8 Å². The minimum atomic E-state index is -3.52. The molecular formula is C13H21NO4S2. The van der Waals surface area contributed by atoms with Crippen LogP contribution < -0.4 is 5.73 Å². The fraction of sp³-hybridized carbons (Fsp3) is 0.538. The Balaban J connectivity index is 3.63. The largest absolute Gasteiger partial charge is 0.327 e. The Morgan fingerprint density at radius 1 is 1.10 bits per heavy atom. The molecule has 2 unspecified atom stereocenters. The molecule has 0 aromatic heterocycles. The van der Waals surface area contributed by atoms with Gasteiger partial charge in [-0.3, -0.25) is 0 Å². The van der Waals surface area contributed by atoms with Gasteiger partial charge in [0.15, 0.2) is 19.7 Å². The smallest absolute Gasteiger partial charge is 0.175 e. The maximum absolute atomic E-state index is 11.9. The molecule has 2 N–H and O–H groups in total. The Morgan fingerprint density at radius 2 is 1.65 bits per heavy atom. The summed E-state index contributed by atoms with van der Waals surface area (Å²) in [6.45, 7) is 3.73. The van der Waals surface area contributed by atoms with Crippen LogP contribution in [0.4, 0.5) is 0 Å². The summed E-state index contributed by atoms with van der Waals surface area (Å²) in [6, 6.07) is 4.00. The first kappa shape index (κ1) is 17.1. The summed E-state index contributed by atoms with van der Waals surface area (Å²) in [7, 11) is -6.98. The molecule has 0 aliphatic carbocycles. The van der Waals surface area contributed by atoms with Gasteiger partial charge in [-0.25, -0.2) is 16.8 Å². The molecule has 0 fully saturated rings. The third kappa shape index (κ3) is 3.80. The average Bonchev–Trinajstić information content (AvgIpc) is 2.26. The van der Waals surface area contributed by atoms with E-state index < -0.39 is 19.7 Å². The van der Waals surface area contributed by atoms with E-state index in [9.17, 15) is 16.8 Å². The lowest BCUT2D eigenvalue weighted by molar-refractivity contribution is 0.539. The fourth-order valence-corrected chi connectivity index (χ4v) is 3.96. The van der Waals surface area contributed by atoms with Gasteiger partial charge < -0.3 is 5.73 Å². The zero-order valence-corrected chi connectivity index (χ0v) is 13.8. The van der Waals surface area contributed by atoms with E-state index in [0.29, 0.717) is 12.0 Å². The topological polar surface area (TPSA) is 94.3 Å². The van der Waals surface area contributed by atoms with Gasteiger partial charge >= 0.3 is 0 Å². The third-order valence-corrected chi connectivity index (χ3v) is 5.55. The highest BCUT2D eigenvalue weighted by Crippen LogP contribution is 2.30. The van der Waals surface area contributed by atoms with Crippen LogP contribution in [0.5, 0.6) is 0 Å². The van der Waals surface area contributed by atoms with Crippen LogP contribution in [-0.2, 0) is 19.7 Å². The number of nitrogens with two attached hydrogens (primary N) is 1. The van der Waals surface area contributed by atoms with E-state index in [-0.39, 0.29) is 21.8 Å². The fourth-order valence-electron chi connectivity index (χ4n) is 2.25. The summed E-state index contributed by atoms with van der Waals surface area (Å²) in [5, 5.41) is 0. The predicted octanol–water partition coefficient (Wildman–Crippen LogP) is 1.33. The highest BCUT2D eigenvalue weighted by atomic mass is 32.2. The van der Waals surface area contributed by atoms with Crippen molar-refractivity contribution >= 4 is 19.7 Å². The molecule has 1 rings (SSSR count). The maximum atomic E-state index is 11.9. The van der Waals surface area contributed by atoms with Crippen molar-refractivity contribution in [2.24, 2.45) is 5.73 Å². The lowest BCUT2D eigenvalue weighted by Crippen LogP contribution is -2.25. The average molecular weight is 319 g/mol. The maximum Gasteiger partial charge on any atom is 0.175 e. The molecule has 0 saturated carbocycles. The lowest BCUT2D eigenvalue weighted by atomic mass is 9.90. The van der Waals surface area contributed by atoms with Crippen LogP contribution in [0, 0.1) is 0 Å². The van der Waals surface area contributed by atoms with Crippen LogP contribution in [0.25, 0.3) is 0 Å². The molecule has 0 amide bonds. The first-order valence-corrected chi connectivity index (χ1v) is 10.1.